The first-order chi connectivity index (χ1) is 11.6. The molecule has 1 saturated carbocycles. The average Bonchev–Trinajstić information content (AvgIpc) is 3.32. The van der Waals surface area contributed by atoms with Gasteiger partial charge >= 0.3 is 5.97 Å². The summed E-state index contributed by atoms with van der Waals surface area (Å²) < 4.78 is 0. The number of hydrogen-bond acceptors (Lipinski definition) is 2. The fraction of sp³-hybridized carbons (Fsp3) is 0.667. The number of allylic oxidation sites excluding steroid dienone is 5. The van der Waals surface area contributed by atoms with Crippen molar-refractivity contribution >= 4 is 5.97 Å². The molecule has 3 heteroatoms. The van der Waals surface area contributed by atoms with Crippen LogP contribution in [0.15, 0.2) is 36.5 Å². The molecule has 24 heavy (non-hydrogen) atoms. The van der Waals surface area contributed by atoms with Gasteiger partial charge in [-0.3, -0.25) is 4.79 Å². The molecule has 0 aromatic heterocycles. The predicted octanol–water partition coefficient (Wildman–Crippen LogP) is 5.27. The van der Waals surface area contributed by atoms with E-state index in [0.29, 0.717) is 18.3 Å². The van der Waals surface area contributed by atoms with Crippen LogP contribution in [0.25, 0.3) is 0 Å². The lowest BCUT2D eigenvalue weighted by molar-refractivity contribution is -0.137. The second-order valence-corrected chi connectivity index (χ2v) is 6.77. The number of unbranched alkanes of at least 4 members (excludes halogenated alkanes) is 4. The van der Waals surface area contributed by atoms with Gasteiger partial charge in [-0.2, -0.15) is 0 Å². The van der Waals surface area contributed by atoms with E-state index >= 15 is 0 Å². The minimum atomic E-state index is -0.735. The van der Waals surface area contributed by atoms with Crippen molar-refractivity contribution in [2.75, 3.05) is 0 Å². The van der Waals surface area contributed by atoms with Gasteiger partial charge in [-0.05, 0) is 56.8 Å². The minimum absolute atomic E-state index is 0.231. The fourth-order valence-corrected chi connectivity index (χ4v) is 2.89. The molecule has 2 N–H and O–H groups in total. The van der Waals surface area contributed by atoms with Crippen molar-refractivity contribution in [3.05, 3.63) is 36.5 Å². The second kappa shape index (κ2) is 13.0. The first-order valence-electron chi connectivity index (χ1n) is 9.51. The number of hydrogen-bond donors (Lipinski definition) is 2. The van der Waals surface area contributed by atoms with Gasteiger partial charge in [0.1, 0.15) is 0 Å². The van der Waals surface area contributed by atoms with Gasteiger partial charge < -0.3 is 10.2 Å². The quantitative estimate of drug-likeness (QED) is 0.336. The molecule has 1 aliphatic carbocycles. The van der Waals surface area contributed by atoms with E-state index in [9.17, 15) is 9.90 Å². The van der Waals surface area contributed by atoms with E-state index in [1.54, 1.807) is 0 Å². The number of carboxylic acid groups (broad SMARTS) is 1. The van der Waals surface area contributed by atoms with Crippen LogP contribution in [0, 0.1) is 11.8 Å². The Hall–Kier alpha value is -1.35. The van der Waals surface area contributed by atoms with E-state index in [0.717, 1.165) is 25.7 Å². The summed E-state index contributed by atoms with van der Waals surface area (Å²) in [5, 5.41) is 18.7. The highest BCUT2D eigenvalue weighted by atomic mass is 16.4. The van der Waals surface area contributed by atoms with Gasteiger partial charge in [0.05, 0.1) is 6.10 Å². The van der Waals surface area contributed by atoms with Crippen LogP contribution in [0.2, 0.25) is 0 Å². The van der Waals surface area contributed by atoms with Gasteiger partial charge in [-0.15, -0.1) is 0 Å². The van der Waals surface area contributed by atoms with Gasteiger partial charge in [0.2, 0.25) is 0 Å². The van der Waals surface area contributed by atoms with Crippen molar-refractivity contribution in [3.63, 3.8) is 0 Å². The van der Waals surface area contributed by atoms with E-state index in [4.69, 9.17) is 5.11 Å². The van der Waals surface area contributed by atoms with Crippen LogP contribution >= 0.6 is 0 Å². The zero-order valence-electron chi connectivity index (χ0n) is 15.1. The molecule has 3 nitrogen and oxygen atoms in total. The fourth-order valence-electron chi connectivity index (χ4n) is 2.89. The minimum Gasteiger partial charge on any atom is -0.481 e. The van der Waals surface area contributed by atoms with Gasteiger partial charge in [0, 0.05) is 6.42 Å². The Morgan fingerprint density at radius 1 is 1.08 bits per heavy atom. The highest BCUT2D eigenvalue weighted by Gasteiger charge is 2.40. The summed E-state index contributed by atoms with van der Waals surface area (Å²) in [4.78, 5) is 10.4. The topological polar surface area (TPSA) is 57.5 Å². The van der Waals surface area contributed by atoms with E-state index in [2.05, 4.69) is 19.1 Å². The Labute approximate surface area is 147 Å². The van der Waals surface area contributed by atoms with Gasteiger partial charge in [0.25, 0.3) is 0 Å². The highest BCUT2D eigenvalue weighted by molar-refractivity contribution is 5.66. The Bertz CT molecular complexity index is 423. The number of carbonyl (C=O) groups is 1. The molecule has 0 unspecified atom stereocenters. The molecule has 0 saturated heterocycles. The van der Waals surface area contributed by atoms with Crippen LogP contribution in [0.4, 0.5) is 0 Å². The summed E-state index contributed by atoms with van der Waals surface area (Å²) in [7, 11) is 0. The van der Waals surface area contributed by atoms with Crippen LogP contribution in [0.1, 0.15) is 71.1 Å². The molecule has 0 amide bonds. The number of carboxylic acids is 1. The normalized spacial score (nSPS) is 21.9. The maximum absolute atomic E-state index is 10.4. The molecule has 0 aromatic carbocycles. The monoisotopic (exact) mass is 334 g/mol. The van der Waals surface area contributed by atoms with E-state index in [1.165, 1.54) is 25.7 Å². The summed E-state index contributed by atoms with van der Waals surface area (Å²) in [5.41, 5.74) is 0. The average molecular weight is 335 g/mol. The second-order valence-electron chi connectivity index (χ2n) is 6.77. The SMILES string of the molecule is CCCCC/C=C\C[C@@H]1C[C@H]1[C@H](O)/C=C\C/C=C\CCCC(=O)O. The molecule has 3 atom stereocenters. The number of aliphatic hydroxyl groups is 1. The van der Waals surface area contributed by atoms with Crippen molar-refractivity contribution in [2.24, 2.45) is 11.8 Å². The summed E-state index contributed by atoms with van der Waals surface area (Å²) in [6.45, 7) is 2.22. The van der Waals surface area contributed by atoms with Gasteiger partial charge in [-0.1, -0.05) is 56.2 Å². The van der Waals surface area contributed by atoms with Crippen molar-refractivity contribution in [1.29, 1.82) is 0 Å². The number of aliphatic carboxylic acids is 1. The van der Waals surface area contributed by atoms with E-state index in [1.807, 2.05) is 24.3 Å². The van der Waals surface area contributed by atoms with Gasteiger partial charge in [-0.25, -0.2) is 0 Å². The first kappa shape index (κ1) is 20.7. The first-order valence-corrected chi connectivity index (χ1v) is 9.51. The lowest BCUT2D eigenvalue weighted by Crippen LogP contribution is -2.06. The van der Waals surface area contributed by atoms with Crippen LogP contribution in [0.3, 0.4) is 0 Å². The Balaban J connectivity index is 2.04. The maximum Gasteiger partial charge on any atom is 0.303 e. The van der Waals surface area contributed by atoms with Crippen LogP contribution in [0.5, 0.6) is 0 Å². The third-order valence-corrected chi connectivity index (χ3v) is 4.53. The van der Waals surface area contributed by atoms with Crippen LogP contribution in [-0.4, -0.2) is 22.3 Å². The molecular formula is C21H34O3. The smallest absolute Gasteiger partial charge is 0.303 e. The molecule has 0 aromatic rings. The molecular weight excluding hydrogens is 300 g/mol. The third-order valence-electron chi connectivity index (χ3n) is 4.53. The largest absolute Gasteiger partial charge is 0.481 e. The summed E-state index contributed by atoms with van der Waals surface area (Å²) >= 11 is 0. The zero-order chi connectivity index (χ0) is 17.6. The van der Waals surface area contributed by atoms with Crippen molar-refractivity contribution < 1.29 is 15.0 Å². The van der Waals surface area contributed by atoms with Crippen molar-refractivity contribution in [1.82, 2.24) is 0 Å². The molecule has 1 rings (SSSR count). The molecule has 1 aliphatic rings. The van der Waals surface area contributed by atoms with Crippen LogP contribution in [-0.2, 0) is 4.79 Å². The molecule has 1 fully saturated rings. The van der Waals surface area contributed by atoms with Crippen molar-refractivity contribution in [3.8, 4) is 0 Å². The number of aliphatic hydroxyl groups excluding tert-OH is 1. The Morgan fingerprint density at radius 2 is 1.83 bits per heavy atom. The molecule has 0 bridgehead atoms. The highest BCUT2D eigenvalue weighted by Crippen LogP contribution is 2.44. The zero-order valence-corrected chi connectivity index (χ0v) is 15.1. The van der Waals surface area contributed by atoms with Crippen molar-refractivity contribution in [2.45, 2.75) is 77.2 Å². The van der Waals surface area contributed by atoms with E-state index in [-0.39, 0.29) is 12.5 Å². The Morgan fingerprint density at radius 3 is 2.58 bits per heavy atom. The lowest BCUT2D eigenvalue weighted by Gasteiger charge is -2.03. The molecule has 0 aliphatic heterocycles. The molecule has 0 spiro atoms. The summed E-state index contributed by atoms with van der Waals surface area (Å²) in [5.74, 6) is 0.348. The molecule has 136 valence electrons. The van der Waals surface area contributed by atoms with E-state index < -0.39 is 5.97 Å². The predicted molar refractivity (Wildman–Crippen MR) is 99.9 cm³/mol. The lowest BCUT2D eigenvalue weighted by atomic mass is 10.1. The standard InChI is InChI=1S/C21H34O3/c1-2-3-4-5-8-11-14-18-17-19(18)20(22)15-12-9-6-7-10-13-16-21(23)24/h6-8,11-12,15,18-20,22H,2-5,9-10,13-14,16-17H2,1H3,(H,23,24)/b7-6-,11-8-,15-12-/t18-,19-,20-/m1/s1. The number of rotatable bonds is 14. The summed E-state index contributed by atoms with van der Waals surface area (Å²) in [6.07, 6.45) is 22.1. The maximum atomic E-state index is 10.4. The summed E-state index contributed by atoms with van der Waals surface area (Å²) in [6, 6.07) is 0. The molecule has 0 heterocycles. The van der Waals surface area contributed by atoms with Crippen LogP contribution < -0.4 is 0 Å². The van der Waals surface area contributed by atoms with Gasteiger partial charge in [0.15, 0.2) is 0 Å². The Kier molecular flexibility index (Phi) is 11.2. The third kappa shape index (κ3) is 10.4. The molecule has 0 radical (unpaired) electrons.